The summed E-state index contributed by atoms with van der Waals surface area (Å²) in [6.45, 7) is 0. The van der Waals surface area contributed by atoms with E-state index in [9.17, 15) is 0 Å². The second-order valence-corrected chi connectivity index (χ2v) is 5.53. The second kappa shape index (κ2) is 6.43. The van der Waals surface area contributed by atoms with E-state index in [1.165, 1.54) is 11.1 Å². The number of rotatable bonds is 1. The maximum Gasteiger partial charge on any atom is 0.0391 e. The van der Waals surface area contributed by atoms with Crippen LogP contribution >= 0.6 is 15.9 Å². The van der Waals surface area contributed by atoms with Gasteiger partial charge in [-0.25, -0.2) is 0 Å². The fourth-order valence-corrected chi connectivity index (χ4v) is 2.46. The lowest BCUT2D eigenvalue weighted by atomic mass is 10.0. The van der Waals surface area contributed by atoms with Crippen LogP contribution in [0.1, 0.15) is 11.1 Å². The molecule has 3 aromatic carbocycles. The molecule has 0 amide bonds. The molecule has 3 rings (SSSR count). The van der Waals surface area contributed by atoms with Crippen LogP contribution in [0.2, 0.25) is 0 Å². The predicted molar refractivity (Wildman–Crippen MR) is 92.0 cm³/mol. The van der Waals surface area contributed by atoms with E-state index in [0.29, 0.717) is 0 Å². The second-order valence-electron chi connectivity index (χ2n) is 4.67. The van der Waals surface area contributed by atoms with Gasteiger partial charge in [0.05, 0.1) is 0 Å². The molecule has 0 spiro atoms. The van der Waals surface area contributed by atoms with E-state index in [2.05, 4.69) is 76.3 Å². The summed E-state index contributed by atoms with van der Waals surface area (Å²) in [7, 11) is 0. The van der Waals surface area contributed by atoms with Gasteiger partial charge in [-0.05, 0) is 51.3 Å². The maximum atomic E-state index is 3.51. The molecule has 3 aromatic rings. The smallest absolute Gasteiger partial charge is 0.0391 e. The lowest BCUT2D eigenvalue weighted by Gasteiger charge is -2.01. The van der Waals surface area contributed by atoms with Crippen molar-refractivity contribution in [3.05, 3.63) is 94.5 Å². The molecule has 0 bridgehead atoms. The van der Waals surface area contributed by atoms with Gasteiger partial charge in [0.1, 0.15) is 0 Å². The third-order valence-corrected chi connectivity index (χ3v) is 3.90. The molecule has 0 atom stereocenters. The average Bonchev–Trinajstić information content (AvgIpc) is 2.55. The van der Waals surface area contributed by atoms with Gasteiger partial charge in [-0.15, -0.1) is 0 Å². The number of benzene rings is 3. The molecule has 0 saturated carbocycles. The monoisotopic (exact) mass is 332 g/mol. The van der Waals surface area contributed by atoms with Crippen molar-refractivity contribution >= 4 is 15.9 Å². The zero-order valence-corrected chi connectivity index (χ0v) is 13.0. The molecule has 0 saturated heterocycles. The van der Waals surface area contributed by atoms with Crippen LogP contribution in [0.25, 0.3) is 11.1 Å². The van der Waals surface area contributed by atoms with Gasteiger partial charge in [-0.3, -0.25) is 0 Å². The first kappa shape index (κ1) is 13.7. The Labute approximate surface area is 133 Å². The summed E-state index contributed by atoms with van der Waals surface area (Å²) >= 11 is 3.51. The first-order chi connectivity index (χ1) is 10.3. The lowest BCUT2D eigenvalue weighted by molar-refractivity contribution is 1.57. The van der Waals surface area contributed by atoms with Gasteiger partial charge in [0.2, 0.25) is 0 Å². The van der Waals surface area contributed by atoms with Crippen molar-refractivity contribution in [2.75, 3.05) is 0 Å². The molecule has 1 heteroatoms. The van der Waals surface area contributed by atoms with E-state index in [-0.39, 0.29) is 0 Å². The summed E-state index contributed by atoms with van der Waals surface area (Å²) in [4.78, 5) is 0. The highest BCUT2D eigenvalue weighted by atomic mass is 79.9. The van der Waals surface area contributed by atoms with E-state index in [0.717, 1.165) is 15.6 Å². The third kappa shape index (κ3) is 3.42. The van der Waals surface area contributed by atoms with Crippen LogP contribution in [-0.4, -0.2) is 0 Å². The predicted octanol–water partition coefficient (Wildman–Crippen LogP) is 5.52. The zero-order chi connectivity index (χ0) is 14.5. The van der Waals surface area contributed by atoms with Gasteiger partial charge in [0, 0.05) is 15.6 Å². The number of hydrogen-bond acceptors (Lipinski definition) is 0. The van der Waals surface area contributed by atoms with Gasteiger partial charge in [0.15, 0.2) is 0 Å². The largest absolute Gasteiger partial charge is 0.0622 e. The maximum absolute atomic E-state index is 3.51. The topological polar surface area (TPSA) is 0 Å². The minimum absolute atomic E-state index is 1.00. The SMILES string of the molecule is Brc1ccccc1C#Cc1ccc(-c2ccccc2)cc1. The van der Waals surface area contributed by atoms with Crippen LogP contribution in [-0.2, 0) is 0 Å². The molecule has 0 unspecified atom stereocenters. The van der Waals surface area contributed by atoms with Crippen LogP contribution in [0.5, 0.6) is 0 Å². The highest BCUT2D eigenvalue weighted by molar-refractivity contribution is 9.10. The molecular weight excluding hydrogens is 320 g/mol. The van der Waals surface area contributed by atoms with E-state index < -0.39 is 0 Å². The quantitative estimate of drug-likeness (QED) is 0.515. The Hall–Kier alpha value is -2.30. The third-order valence-electron chi connectivity index (χ3n) is 3.21. The normalized spacial score (nSPS) is 9.76. The Morgan fingerprint density at radius 1 is 0.571 bits per heavy atom. The molecule has 0 N–H and O–H groups in total. The van der Waals surface area contributed by atoms with E-state index in [1.54, 1.807) is 0 Å². The molecule has 0 aliphatic heterocycles. The zero-order valence-electron chi connectivity index (χ0n) is 11.4. The van der Waals surface area contributed by atoms with Gasteiger partial charge in [0.25, 0.3) is 0 Å². The van der Waals surface area contributed by atoms with Gasteiger partial charge in [-0.2, -0.15) is 0 Å². The molecule has 100 valence electrons. The van der Waals surface area contributed by atoms with E-state index in [1.807, 2.05) is 30.3 Å². The molecule has 0 fully saturated rings. The summed E-state index contributed by atoms with van der Waals surface area (Å²) in [5.74, 6) is 6.39. The van der Waals surface area contributed by atoms with Crippen LogP contribution in [0.4, 0.5) is 0 Å². The first-order valence-electron chi connectivity index (χ1n) is 6.75. The minimum atomic E-state index is 1.00. The van der Waals surface area contributed by atoms with Crippen molar-refractivity contribution in [1.29, 1.82) is 0 Å². The molecule has 0 radical (unpaired) electrons. The van der Waals surface area contributed by atoms with Crippen molar-refractivity contribution < 1.29 is 0 Å². The summed E-state index contributed by atoms with van der Waals surface area (Å²) in [6, 6.07) is 26.7. The van der Waals surface area contributed by atoms with E-state index in [4.69, 9.17) is 0 Å². The van der Waals surface area contributed by atoms with Crippen LogP contribution in [0.15, 0.2) is 83.3 Å². The Morgan fingerprint density at radius 3 is 1.90 bits per heavy atom. The fraction of sp³-hybridized carbons (Fsp3) is 0. The summed E-state index contributed by atoms with van der Waals surface area (Å²) in [6.07, 6.45) is 0. The van der Waals surface area contributed by atoms with E-state index >= 15 is 0 Å². The minimum Gasteiger partial charge on any atom is -0.0622 e. The Bertz CT molecular complexity index is 790. The molecule has 0 nitrogen and oxygen atoms in total. The fourth-order valence-electron chi connectivity index (χ4n) is 2.08. The van der Waals surface area contributed by atoms with Gasteiger partial charge in [-0.1, -0.05) is 66.4 Å². The highest BCUT2D eigenvalue weighted by Gasteiger charge is 1.96. The van der Waals surface area contributed by atoms with Crippen LogP contribution in [0, 0.1) is 11.8 Å². The van der Waals surface area contributed by atoms with Crippen molar-refractivity contribution in [3.8, 4) is 23.0 Å². The molecule has 0 aliphatic rings. The summed E-state index contributed by atoms with van der Waals surface area (Å²) in [5, 5.41) is 0. The Morgan fingerprint density at radius 2 is 1.19 bits per heavy atom. The van der Waals surface area contributed by atoms with Crippen molar-refractivity contribution in [2.24, 2.45) is 0 Å². The van der Waals surface area contributed by atoms with Gasteiger partial charge < -0.3 is 0 Å². The average molecular weight is 333 g/mol. The molecule has 21 heavy (non-hydrogen) atoms. The molecule has 0 aromatic heterocycles. The summed E-state index contributed by atoms with van der Waals surface area (Å²) in [5.41, 5.74) is 4.46. The Kier molecular flexibility index (Phi) is 4.19. The number of hydrogen-bond donors (Lipinski definition) is 0. The van der Waals surface area contributed by atoms with Crippen molar-refractivity contribution in [3.63, 3.8) is 0 Å². The van der Waals surface area contributed by atoms with Crippen molar-refractivity contribution in [1.82, 2.24) is 0 Å². The van der Waals surface area contributed by atoms with Crippen molar-refractivity contribution in [2.45, 2.75) is 0 Å². The van der Waals surface area contributed by atoms with Crippen LogP contribution < -0.4 is 0 Å². The molecular formula is C20H13Br. The van der Waals surface area contributed by atoms with Gasteiger partial charge >= 0.3 is 0 Å². The molecule has 0 aliphatic carbocycles. The summed E-state index contributed by atoms with van der Waals surface area (Å²) < 4.78 is 1.03. The standard InChI is InChI=1S/C20H13Br/c21-20-9-5-4-8-19(20)15-12-16-10-13-18(14-11-16)17-6-2-1-3-7-17/h1-11,13-14H. The van der Waals surface area contributed by atoms with Crippen LogP contribution in [0.3, 0.4) is 0 Å². The lowest BCUT2D eigenvalue weighted by Crippen LogP contribution is -1.80. The first-order valence-corrected chi connectivity index (χ1v) is 7.54. The molecule has 0 heterocycles. The number of halogens is 1. The highest BCUT2D eigenvalue weighted by Crippen LogP contribution is 2.19. The Balaban J connectivity index is 1.85.